The first-order chi connectivity index (χ1) is 8.96. The molecule has 0 spiro atoms. The van der Waals surface area contributed by atoms with E-state index in [2.05, 4.69) is 40.3 Å². The minimum Gasteiger partial charge on any atom is -0.312 e. The van der Waals surface area contributed by atoms with Gasteiger partial charge in [0.1, 0.15) is 0 Å². The topological polar surface area (TPSA) is 12.0 Å². The van der Waals surface area contributed by atoms with Crippen LogP contribution in [0.2, 0.25) is 0 Å². The van der Waals surface area contributed by atoms with Crippen LogP contribution < -0.4 is 5.32 Å². The largest absolute Gasteiger partial charge is 0.312 e. The van der Waals surface area contributed by atoms with E-state index in [0.29, 0.717) is 18.8 Å². The average Bonchev–Trinajstić information content (AvgIpc) is 2.36. The lowest BCUT2D eigenvalue weighted by Crippen LogP contribution is -2.30. The lowest BCUT2D eigenvalue weighted by Gasteiger charge is -2.28. The molecule has 19 heavy (non-hydrogen) atoms. The number of alkyl halides is 2. The van der Waals surface area contributed by atoms with E-state index in [1.807, 2.05) is 6.07 Å². The fourth-order valence-corrected chi connectivity index (χ4v) is 2.79. The molecule has 1 aliphatic rings. The SMILES string of the molecule is Cc1cc(CNCC2CCC(F)(F)CC2)ccc1Br. The molecule has 4 heteroatoms. The van der Waals surface area contributed by atoms with Crippen molar-refractivity contribution in [3.8, 4) is 0 Å². The molecule has 0 unspecified atom stereocenters. The van der Waals surface area contributed by atoms with Crippen LogP contribution in [0.25, 0.3) is 0 Å². The van der Waals surface area contributed by atoms with Gasteiger partial charge in [-0.15, -0.1) is 0 Å². The van der Waals surface area contributed by atoms with E-state index in [-0.39, 0.29) is 12.8 Å². The van der Waals surface area contributed by atoms with Crippen molar-refractivity contribution in [3.05, 3.63) is 33.8 Å². The van der Waals surface area contributed by atoms with Crippen LogP contribution in [0.5, 0.6) is 0 Å². The first kappa shape index (κ1) is 14.9. The summed E-state index contributed by atoms with van der Waals surface area (Å²) in [5.74, 6) is -2.02. The Hall–Kier alpha value is -0.480. The normalized spacial score (nSPS) is 19.6. The molecule has 1 aromatic carbocycles. The molecule has 1 nitrogen and oxygen atoms in total. The summed E-state index contributed by atoms with van der Waals surface area (Å²) in [6.07, 6.45) is 1.38. The van der Waals surface area contributed by atoms with E-state index in [9.17, 15) is 8.78 Å². The number of benzene rings is 1. The van der Waals surface area contributed by atoms with Gasteiger partial charge in [-0.25, -0.2) is 8.78 Å². The fourth-order valence-electron chi connectivity index (χ4n) is 2.54. The van der Waals surface area contributed by atoms with Crippen molar-refractivity contribution in [2.75, 3.05) is 6.54 Å². The Morgan fingerprint density at radius 2 is 2.00 bits per heavy atom. The summed E-state index contributed by atoms with van der Waals surface area (Å²) in [6, 6.07) is 6.28. The lowest BCUT2D eigenvalue weighted by atomic mass is 9.87. The van der Waals surface area contributed by atoms with E-state index in [0.717, 1.165) is 17.6 Å². The van der Waals surface area contributed by atoms with Gasteiger partial charge in [-0.2, -0.15) is 0 Å². The summed E-state index contributed by atoms with van der Waals surface area (Å²) in [5.41, 5.74) is 2.46. The van der Waals surface area contributed by atoms with Crippen LogP contribution >= 0.6 is 15.9 Å². The lowest BCUT2D eigenvalue weighted by molar-refractivity contribution is -0.0455. The second-order valence-corrected chi connectivity index (χ2v) is 6.37. The number of rotatable bonds is 4. The predicted octanol–water partition coefficient (Wildman–Crippen LogP) is 4.67. The average molecular weight is 332 g/mol. The molecule has 0 amide bonds. The van der Waals surface area contributed by atoms with Crippen LogP contribution in [0, 0.1) is 12.8 Å². The summed E-state index contributed by atoms with van der Waals surface area (Å²) >= 11 is 3.48. The molecule has 0 atom stereocenters. The van der Waals surface area contributed by atoms with Crippen LogP contribution in [-0.4, -0.2) is 12.5 Å². The Balaban J connectivity index is 1.73. The third-order valence-electron chi connectivity index (χ3n) is 3.82. The maximum absolute atomic E-state index is 13.0. The molecule has 0 radical (unpaired) electrons. The van der Waals surface area contributed by atoms with Crippen LogP contribution in [0.3, 0.4) is 0 Å². The third-order valence-corrected chi connectivity index (χ3v) is 4.71. The molecule has 0 heterocycles. The van der Waals surface area contributed by atoms with Gasteiger partial charge in [0.15, 0.2) is 0 Å². The molecule has 106 valence electrons. The molecule has 1 saturated carbocycles. The van der Waals surface area contributed by atoms with Crippen molar-refractivity contribution in [3.63, 3.8) is 0 Å². The summed E-state index contributed by atoms with van der Waals surface area (Å²) < 4.78 is 27.2. The van der Waals surface area contributed by atoms with E-state index in [1.165, 1.54) is 11.1 Å². The highest BCUT2D eigenvalue weighted by Gasteiger charge is 2.34. The van der Waals surface area contributed by atoms with Gasteiger partial charge < -0.3 is 5.32 Å². The third kappa shape index (κ3) is 4.53. The minimum absolute atomic E-state index is 0.0523. The first-order valence-electron chi connectivity index (χ1n) is 6.80. The summed E-state index contributed by atoms with van der Waals surface area (Å²) in [5, 5.41) is 3.39. The predicted molar refractivity (Wildman–Crippen MR) is 77.5 cm³/mol. The molecule has 0 bridgehead atoms. The maximum atomic E-state index is 13.0. The molecule has 1 fully saturated rings. The number of halogens is 3. The molecule has 0 saturated heterocycles. The Labute approximate surface area is 121 Å². The van der Waals surface area contributed by atoms with Crippen LogP contribution in [-0.2, 0) is 6.54 Å². The van der Waals surface area contributed by atoms with Crippen molar-refractivity contribution in [1.82, 2.24) is 5.32 Å². The first-order valence-corrected chi connectivity index (χ1v) is 7.59. The second-order valence-electron chi connectivity index (χ2n) is 5.51. The van der Waals surface area contributed by atoms with Gasteiger partial charge in [-0.3, -0.25) is 0 Å². The van der Waals surface area contributed by atoms with Gasteiger partial charge in [0.2, 0.25) is 5.92 Å². The molecular weight excluding hydrogens is 312 g/mol. The fraction of sp³-hybridized carbons (Fsp3) is 0.600. The molecule has 1 N–H and O–H groups in total. The molecule has 1 aliphatic carbocycles. The van der Waals surface area contributed by atoms with Crippen molar-refractivity contribution >= 4 is 15.9 Å². The summed E-state index contributed by atoms with van der Waals surface area (Å²) in [6.45, 7) is 3.71. The van der Waals surface area contributed by atoms with E-state index < -0.39 is 5.92 Å². The van der Waals surface area contributed by atoms with Crippen molar-refractivity contribution in [2.24, 2.45) is 5.92 Å². The van der Waals surface area contributed by atoms with Crippen LogP contribution in [0.4, 0.5) is 8.78 Å². The highest BCUT2D eigenvalue weighted by Crippen LogP contribution is 2.35. The second kappa shape index (κ2) is 6.31. The number of hydrogen-bond acceptors (Lipinski definition) is 1. The minimum atomic E-state index is -2.42. The van der Waals surface area contributed by atoms with Gasteiger partial charge in [0.05, 0.1) is 0 Å². The van der Waals surface area contributed by atoms with E-state index in [1.54, 1.807) is 0 Å². The molecule has 2 rings (SSSR count). The molecular formula is C15H20BrF2N. The van der Waals surface area contributed by atoms with Gasteiger partial charge in [0.25, 0.3) is 0 Å². The summed E-state index contributed by atoms with van der Waals surface area (Å²) in [7, 11) is 0. The number of nitrogens with one attached hydrogen (secondary N) is 1. The Morgan fingerprint density at radius 1 is 1.32 bits per heavy atom. The number of aryl methyl sites for hydroxylation is 1. The van der Waals surface area contributed by atoms with Crippen molar-refractivity contribution < 1.29 is 8.78 Å². The smallest absolute Gasteiger partial charge is 0.248 e. The van der Waals surface area contributed by atoms with E-state index >= 15 is 0 Å². The van der Waals surface area contributed by atoms with Crippen molar-refractivity contribution in [1.29, 1.82) is 0 Å². The Bertz CT molecular complexity index is 424. The van der Waals surface area contributed by atoms with Gasteiger partial charge in [0, 0.05) is 23.9 Å². The monoisotopic (exact) mass is 331 g/mol. The number of hydrogen-bond donors (Lipinski definition) is 1. The standard InChI is InChI=1S/C15H20BrF2N/c1-11-8-13(2-3-14(11)16)10-19-9-12-4-6-15(17,18)7-5-12/h2-3,8,12,19H,4-7,9-10H2,1H3. The Kier molecular flexibility index (Phi) is 4.96. The molecule has 1 aromatic rings. The maximum Gasteiger partial charge on any atom is 0.248 e. The van der Waals surface area contributed by atoms with Gasteiger partial charge in [-0.05, 0) is 49.4 Å². The zero-order valence-electron chi connectivity index (χ0n) is 11.2. The van der Waals surface area contributed by atoms with Crippen LogP contribution in [0.15, 0.2) is 22.7 Å². The van der Waals surface area contributed by atoms with Crippen LogP contribution in [0.1, 0.15) is 36.8 Å². The zero-order valence-corrected chi connectivity index (χ0v) is 12.8. The van der Waals surface area contributed by atoms with E-state index in [4.69, 9.17) is 0 Å². The van der Waals surface area contributed by atoms with Gasteiger partial charge in [-0.1, -0.05) is 28.1 Å². The highest BCUT2D eigenvalue weighted by molar-refractivity contribution is 9.10. The molecule has 0 aliphatic heterocycles. The summed E-state index contributed by atoms with van der Waals surface area (Å²) in [4.78, 5) is 0. The van der Waals surface area contributed by atoms with Crippen molar-refractivity contribution in [2.45, 2.75) is 45.1 Å². The Morgan fingerprint density at radius 3 is 2.63 bits per heavy atom. The quantitative estimate of drug-likeness (QED) is 0.845. The van der Waals surface area contributed by atoms with Gasteiger partial charge >= 0.3 is 0 Å². The zero-order chi connectivity index (χ0) is 13.9. The molecule has 0 aromatic heterocycles. The highest BCUT2D eigenvalue weighted by atomic mass is 79.9.